The van der Waals surface area contributed by atoms with Crippen molar-refractivity contribution < 1.29 is 4.74 Å². The first kappa shape index (κ1) is 11.5. The van der Waals surface area contributed by atoms with E-state index in [2.05, 4.69) is 23.8 Å². The Bertz CT molecular complexity index is 490. The van der Waals surface area contributed by atoms with Crippen molar-refractivity contribution in [3.8, 4) is 0 Å². The summed E-state index contributed by atoms with van der Waals surface area (Å²) in [5.74, 6) is 0. The van der Waals surface area contributed by atoms with Crippen molar-refractivity contribution in [1.82, 2.24) is 4.57 Å². The molecule has 0 N–H and O–H groups in total. The number of para-hydroxylation sites is 1. The summed E-state index contributed by atoms with van der Waals surface area (Å²) in [5.41, 5.74) is 2.32. The van der Waals surface area contributed by atoms with Crippen LogP contribution in [-0.4, -0.2) is 11.2 Å². The van der Waals surface area contributed by atoms with E-state index in [4.69, 9.17) is 16.3 Å². The molecule has 0 aliphatic heterocycles. The number of aromatic nitrogens is 1. The molecule has 2 nitrogen and oxygen atoms in total. The highest BCUT2D eigenvalue weighted by molar-refractivity contribution is 6.35. The van der Waals surface area contributed by atoms with Crippen LogP contribution in [0.15, 0.2) is 24.4 Å². The van der Waals surface area contributed by atoms with E-state index < -0.39 is 0 Å². The number of halogens is 1. The molecule has 0 saturated carbocycles. The minimum absolute atomic E-state index is 0.653. The molecule has 0 radical (unpaired) electrons. The number of aryl methyl sites for hydroxylation is 1. The fourth-order valence-corrected chi connectivity index (χ4v) is 2.25. The summed E-state index contributed by atoms with van der Waals surface area (Å²) >= 11 is 6.23. The Morgan fingerprint density at radius 3 is 2.81 bits per heavy atom. The molecule has 0 aliphatic rings. The second kappa shape index (κ2) is 4.89. The molecule has 0 bridgehead atoms. The highest BCUT2D eigenvalue weighted by atomic mass is 35.5. The third-order valence-electron chi connectivity index (χ3n) is 2.73. The van der Waals surface area contributed by atoms with Crippen LogP contribution >= 0.6 is 11.6 Å². The summed E-state index contributed by atoms with van der Waals surface area (Å²) < 4.78 is 7.64. The van der Waals surface area contributed by atoms with Gasteiger partial charge in [0, 0.05) is 30.3 Å². The lowest BCUT2D eigenvalue weighted by Gasteiger charge is -2.01. The van der Waals surface area contributed by atoms with Gasteiger partial charge in [-0.15, -0.1) is 0 Å². The van der Waals surface area contributed by atoms with Crippen LogP contribution in [0.2, 0.25) is 5.02 Å². The maximum Gasteiger partial charge on any atom is 0.0737 e. The second-order valence-corrected chi connectivity index (χ2v) is 4.12. The number of hydrogen-bond donors (Lipinski definition) is 0. The Kier molecular flexibility index (Phi) is 3.52. The molecule has 86 valence electrons. The first-order chi connectivity index (χ1) is 7.77. The fourth-order valence-electron chi connectivity index (χ4n) is 1.97. The normalized spacial score (nSPS) is 11.2. The van der Waals surface area contributed by atoms with Crippen molar-refractivity contribution in [2.45, 2.75) is 27.0 Å². The molecule has 1 aromatic carbocycles. The van der Waals surface area contributed by atoms with Crippen molar-refractivity contribution in [3.63, 3.8) is 0 Å². The summed E-state index contributed by atoms with van der Waals surface area (Å²) in [6.07, 6.45) is 2.13. The van der Waals surface area contributed by atoms with Crippen LogP contribution in [0.25, 0.3) is 10.9 Å². The average molecular weight is 238 g/mol. The van der Waals surface area contributed by atoms with Gasteiger partial charge in [-0.1, -0.05) is 23.7 Å². The Labute approximate surface area is 101 Å². The van der Waals surface area contributed by atoms with Crippen LogP contribution in [0.4, 0.5) is 0 Å². The van der Waals surface area contributed by atoms with E-state index in [1.807, 2.05) is 19.1 Å². The van der Waals surface area contributed by atoms with Crippen LogP contribution in [0.1, 0.15) is 19.4 Å². The maximum absolute atomic E-state index is 6.23. The van der Waals surface area contributed by atoms with E-state index >= 15 is 0 Å². The topological polar surface area (TPSA) is 14.2 Å². The van der Waals surface area contributed by atoms with E-state index in [0.717, 1.165) is 23.7 Å². The molecule has 0 saturated heterocycles. The van der Waals surface area contributed by atoms with Gasteiger partial charge in [0.2, 0.25) is 0 Å². The molecular formula is C13H16ClNO. The molecule has 3 heteroatoms. The Balaban J connectivity index is 2.54. The summed E-state index contributed by atoms with van der Waals surface area (Å²) in [5, 5.41) is 2.00. The Morgan fingerprint density at radius 2 is 2.12 bits per heavy atom. The van der Waals surface area contributed by atoms with Crippen LogP contribution in [0, 0.1) is 0 Å². The van der Waals surface area contributed by atoms with Crippen molar-refractivity contribution in [1.29, 1.82) is 0 Å². The van der Waals surface area contributed by atoms with Gasteiger partial charge in [0.25, 0.3) is 0 Å². The molecular weight excluding hydrogens is 222 g/mol. The molecule has 2 aromatic rings. The standard InChI is InChI=1S/C13H16ClNO/c1-3-15-8-10(9-16-4-2)11-6-5-7-12(14)13(11)15/h5-8H,3-4,9H2,1-2H3. The first-order valence-electron chi connectivity index (χ1n) is 5.61. The van der Waals surface area contributed by atoms with Crippen LogP contribution in [-0.2, 0) is 17.9 Å². The zero-order valence-electron chi connectivity index (χ0n) is 9.66. The van der Waals surface area contributed by atoms with Gasteiger partial charge < -0.3 is 9.30 Å². The van der Waals surface area contributed by atoms with E-state index in [-0.39, 0.29) is 0 Å². The molecule has 0 aliphatic carbocycles. The predicted octanol–water partition coefficient (Wildman–Crippen LogP) is 3.85. The lowest BCUT2D eigenvalue weighted by Crippen LogP contribution is -1.92. The first-order valence-corrected chi connectivity index (χ1v) is 5.99. The number of ether oxygens (including phenoxy) is 1. The smallest absolute Gasteiger partial charge is 0.0737 e. The molecule has 1 aromatic heterocycles. The predicted molar refractivity (Wildman–Crippen MR) is 68.0 cm³/mol. The average Bonchev–Trinajstić information content (AvgIpc) is 2.66. The zero-order chi connectivity index (χ0) is 11.5. The zero-order valence-corrected chi connectivity index (χ0v) is 10.4. The molecule has 2 rings (SSSR count). The minimum atomic E-state index is 0.653. The minimum Gasteiger partial charge on any atom is -0.377 e. The Morgan fingerprint density at radius 1 is 1.31 bits per heavy atom. The number of rotatable bonds is 4. The van der Waals surface area contributed by atoms with Crippen LogP contribution in [0.5, 0.6) is 0 Å². The van der Waals surface area contributed by atoms with Gasteiger partial charge in [-0.3, -0.25) is 0 Å². The largest absolute Gasteiger partial charge is 0.377 e. The van der Waals surface area contributed by atoms with Crippen molar-refractivity contribution in [3.05, 3.63) is 35.0 Å². The number of fused-ring (bicyclic) bond motifs is 1. The lowest BCUT2D eigenvalue weighted by atomic mass is 10.2. The molecule has 0 atom stereocenters. The highest BCUT2D eigenvalue weighted by Gasteiger charge is 2.09. The molecule has 0 fully saturated rings. The van der Waals surface area contributed by atoms with E-state index in [1.54, 1.807) is 0 Å². The van der Waals surface area contributed by atoms with Crippen LogP contribution < -0.4 is 0 Å². The third-order valence-corrected chi connectivity index (χ3v) is 3.04. The van der Waals surface area contributed by atoms with Crippen molar-refractivity contribution in [2.24, 2.45) is 0 Å². The van der Waals surface area contributed by atoms with Gasteiger partial charge in [0.05, 0.1) is 17.1 Å². The van der Waals surface area contributed by atoms with E-state index in [0.29, 0.717) is 6.61 Å². The third kappa shape index (κ3) is 1.95. The summed E-state index contributed by atoms with van der Waals surface area (Å²) in [7, 11) is 0. The number of hydrogen-bond acceptors (Lipinski definition) is 1. The van der Waals surface area contributed by atoms with Gasteiger partial charge in [-0.05, 0) is 19.9 Å². The van der Waals surface area contributed by atoms with Gasteiger partial charge >= 0.3 is 0 Å². The maximum atomic E-state index is 6.23. The van der Waals surface area contributed by atoms with Crippen molar-refractivity contribution in [2.75, 3.05) is 6.61 Å². The molecule has 16 heavy (non-hydrogen) atoms. The number of nitrogens with zero attached hydrogens (tertiary/aromatic N) is 1. The van der Waals surface area contributed by atoms with E-state index in [9.17, 15) is 0 Å². The van der Waals surface area contributed by atoms with Crippen molar-refractivity contribution >= 4 is 22.5 Å². The lowest BCUT2D eigenvalue weighted by molar-refractivity contribution is 0.135. The SMILES string of the molecule is CCOCc1cn(CC)c2c(Cl)cccc12. The highest BCUT2D eigenvalue weighted by Crippen LogP contribution is 2.28. The van der Waals surface area contributed by atoms with E-state index in [1.165, 1.54) is 10.9 Å². The Hall–Kier alpha value is -0.990. The fraction of sp³-hybridized carbons (Fsp3) is 0.385. The molecule has 0 unspecified atom stereocenters. The van der Waals surface area contributed by atoms with Gasteiger partial charge in [0.1, 0.15) is 0 Å². The van der Waals surface area contributed by atoms with Crippen LogP contribution in [0.3, 0.4) is 0 Å². The van der Waals surface area contributed by atoms with Gasteiger partial charge in [-0.2, -0.15) is 0 Å². The quantitative estimate of drug-likeness (QED) is 0.788. The molecule has 1 heterocycles. The number of benzene rings is 1. The molecule has 0 spiro atoms. The summed E-state index contributed by atoms with van der Waals surface area (Å²) in [6.45, 7) is 6.44. The molecule has 0 amide bonds. The summed E-state index contributed by atoms with van der Waals surface area (Å²) in [6, 6.07) is 6.02. The second-order valence-electron chi connectivity index (χ2n) is 3.71. The van der Waals surface area contributed by atoms with Gasteiger partial charge in [-0.25, -0.2) is 0 Å². The monoisotopic (exact) mass is 237 g/mol. The van der Waals surface area contributed by atoms with Gasteiger partial charge in [0.15, 0.2) is 0 Å². The summed E-state index contributed by atoms with van der Waals surface area (Å²) in [4.78, 5) is 0.